The number of nitrogens with one attached hydrogen (secondary N) is 1. The van der Waals surface area contributed by atoms with Gasteiger partial charge < -0.3 is 15.8 Å². The lowest BCUT2D eigenvalue weighted by atomic mass is 10.1. The number of carbonyl (C=O) groups excluding carboxylic acids is 1. The Morgan fingerprint density at radius 2 is 1.76 bits per heavy atom. The second-order valence-electron chi connectivity index (χ2n) is 4.94. The minimum absolute atomic E-state index is 0.228. The summed E-state index contributed by atoms with van der Waals surface area (Å²) in [5, 5.41) is 3.44. The van der Waals surface area contributed by atoms with E-state index in [4.69, 9.17) is 10.5 Å². The number of carbonyl (C=O) groups is 1. The number of amides is 1. The van der Waals surface area contributed by atoms with Crippen LogP contribution < -0.4 is 15.8 Å². The maximum Gasteiger partial charge on any atom is 0.248 e. The number of rotatable bonds is 6. The number of hydrogen-bond donors (Lipinski definition) is 2. The van der Waals surface area contributed by atoms with E-state index in [-0.39, 0.29) is 6.04 Å². The maximum absolute atomic E-state index is 11.0. The molecular weight excluding hydrogens is 264 g/mol. The van der Waals surface area contributed by atoms with Crippen molar-refractivity contribution >= 4 is 5.91 Å². The summed E-state index contributed by atoms with van der Waals surface area (Å²) >= 11 is 0. The van der Waals surface area contributed by atoms with Gasteiger partial charge in [-0.15, -0.1) is 0 Å². The van der Waals surface area contributed by atoms with Crippen molar-refractivity contribution in [3.05, 3.63) is 65.2 Å². The summed E-state index contributed by atoms with van der Waals surface area (Å²) in [7, 11) is 1.66. The average Bonchev–Trinajstić information content (AvgIpc) is 2.53. The summed E-state index contributed by atoms with van der Waals surface area (Å²) in [6.07, 6.45) is 0. The second-order valence-corrected chi connectivity index (χ2v) is 4.94. The average molecular weight is 284 g/mol. The lowest BCUT2D eigenvalue weighted by Gasteiger charge is -2.15. The molecule has 4 nitrogen and oxygen atoms in total. The van der Waals surface area contributed by atoms with Crippen LogP contribution in [0.5, 0.6) is 5.75 Å². The Morgan fingerprint density at radius 1 is 1.14 bits per heavy atom. The number of ether oxygens (including phenoxy) is 1. The Kier molecular flexibility index (Phi) is 4.95. The van der Waals surface area contributed by atoms with Crippen LogP contribution in [0.15, 0.2) is 48.5 Å². The summed E-state index contributed by atoms with van der Waals surface area (Å²) in [6, 6.07) is 15.5. The predicted octanol–water partition coefficient (Wildman–Crippen LogP) is 2.64. The fraction of sp³-hybridized carbons (Fsp3) is 0.235. The van der Waals surface area contributed by atoms with Crippen LogP contribution >= 0.6 is 0 Å². The van der Waals surface area contributed by atoms with E-state index in [1.165, 1.54) is 5.56 Å². The SMILES string of the molecule is COc1ccc([C@@H](C)NCc2ccc(C(N)=O)cc2)cc1. The fourth-order valence-corrected chi connectivity index (χ4v) is 2.07. The molecule has 1 atom stereocenters. The van der Waals surface area contributed by atoms with Crippen molar-refractivity contribution in [1.29, 1.82) is 0 Å². The molecule has 2 rings (SSSR count). The molecule has 0 heterocycles. The van der Waals surface area contributed by atoms with Crippen LogP contribution in [-0.2, 0) is 6.54 Å². The topological polar surface area (TPSA) is 64.3 Å². The predicted molar refractivity (Wildman–Crippen MR) is 83.2 cm³/mol. The van der Waals surface area contributed by atoms with Gasteiger partial charge in [0.05, 0.1) is 7.11 Å². The highest BCUT2D eigenvalue weighted by Gasteiger charge is 2.05. The third kappa shape index (κ3) is 4.07. The van der Waals surface area contributed by atoms with E-state index in [2.05, 4.69) is 12.2 Å². The van der Waals surface area contributed by atoms with Crippen LogP contribution in [0.2, 0.25) is 0 Å². The quantitative estimate of drug-likeness (QED) is 0.857. The standard InChI is InChI=1S/C17H20N2O2/c1-12(14-7-9-16(21-2)10-8-14)19-11-13-3-5-15(6-4-13)17(18)20/h3-10,12,19H,11H2,1-2H3,(H2,18,20)/t12-/m1/s1. The van der Waals surface area contributed by atoms with Crippen molar-refractivity contribution in [3.8, 4) is 5.75 Å². The zero-order valence-corrected chi connectivity index (χ0v) is 12.3. The molecule has 1 amide bonds. The second kappa shape index (κ2) is 6.90. The van der Waals surface area contributed by atoms with Crippen molar-refractivity contribution in [2.24, 2.45) is 5.73 Å². The van der Waals surface area contributed by atoms with Crippen LogP contribution in [-0.4, -0.2) is 13.0 Å². The molecule has 0 saturated heterocycles. The first-order chi connectivity index (χ1) is 10.1. The van der Waals surface area contributed by atoms with Gasteiger partial charge >= 0.3 is 0 Å². The van der Waals surface area contributed by atoms with Crippen molar-refractivity contribution in [2.45, 2.75) is 19.5 Å². The molecule has 0 unspecified atom stereocenters. The Hall–Kier alpha value is -2.33. The van der Waals surface area contributed by atoms with Crippen molar-refractivity contribution in [2.75, 3.05) is 7.11 Å². The summed E-state index contributed by atoms with van der Waals surface area (Å²) in [5.74, 6) is 0.453. The van der Waals surface area contributed by atoms with E-state index in [1.807, 2.05) is 36.4 Å². The minimum atomic E-state index is -0.402. The third-order valence-electron chi connectivity index (χ3n) is 3.47. The molecule has 0 aliphatic rings. The maximum atomic E-state index is 11.0. The van der Waals surface area contributed by atoms with Gasteiger partial charge in [-0.2, -0.15) is 0 Å². The molecule has 2 aromatic rings. The van der Waals surface area contributed by atoms with E-state index in [9.17, 15) is 4.79 Å². The first kappa shape index (κ1) is 15.1. The van der Waals surface area contributed by atoms with E-state index < -0.39 is 5.91 Å². The van der Waals surface area contributed by atoms with Gasteiger partial charge in [-0.1, -0.05) is 24.3 Å². The molecule has 110 valence electrons. The first-order valence-corrected chi connectivity index (χ1v) is 6.86. The minimum Gasteiger partial charge on any atom is -0.497 e. The Bertz CT molecular complexity index is 591. The highest BCUT2D eigenvalue weighted by Crippen LogP contribution is 2.17. The van der Waals surface area contributed by atoms with Gasteiger partial charge in [-0.05, 0) is 42.3 Å². The zero-order valence-electron chi connectivity index (χ0n) is 12.3. The molecule has 0 saturated carbocycles. The molecular formula is C17H20N2O2. The van der Waals surface area contributed by atoms with Gasteiger partial charge in [0.25, 0.3) is 0 Å². The molecule has 0 aromatic heterocycles. The van der Waals surface area contributed by atoms with Gasteiger partial charge in [0.2, 0.25) is 5.91 Å². The van der Waals surface area contributed by atoms with Gasteiger partial charge in [-0.25, -0.2) is 0 Å². The van der Waals surface area contributed by atoms with E-state index >= 15 is 0 Å². The number of hydrogen-bond acceptors (Lipinski definition) is 3. The monoisotopic (exact) mass is 284 g/mol. The van der Waals surface area contributed by atoms with Crippen LogP contribution in [0.1, 0.15) is 34.5 Å². The molecule has 21 heavy (non-hydrogen) atoms. The van der Waals surface area contributed by atoms with E-state index in [0.717, 1.165) is 17.9 Å². The molecule has 0 bridgehead atoms. The Balaban J connectivity index is 1.93. The summed E-state index contributed by atoms with van der Waals surface area (Å²) < 4.78 is 5.15. The number of benzene rings is 2. The highest BCUT2D eigenvalue weighted by molar-refractivity contribution is 5.92. The molecule has 0 aliphatic carbocycles. The lowest BCUT2D eigenvalue weighted by Crippen LogP contribution is -2.18. The number of primary amides is 1. The summed E-state index contributed by atoms with van der Waals surface area (Å²) in [5.41, 5.74) is 8.06. The van der Waals surface area contributed by atoms with Gasteiger partial charge in [0, 0.05) is 18.2 Å². The molecule has 2 aromatic carbocycles. The molecule has 0 spiro atoms. The summed E-state index contributed by atoms with van der Waals surface area (Å²) in [4.78, 5) is 11.0. The number of nitrogens with two attached hydrogens (primary N) is 1. The van der Waals surface area contributed by atoms with Crippen LogP contribution in [0.3, 0.4) is 0 Å². The van der Waals surface area contributed by atoms with Crippen molar-refractivity contribution < 1.29 is 9.53 Å². The van der Waals surface area contributed by atoms with Gasteiger partial charge in [0.1, 0.15) is 5.75 Å². The normalized spacial score (nSPS) is 11.9. The zero-order chi connectivity index (χ0) is 15.2. The fourth-order valence-electron chi connectivity index (χ4n) is 2.07. The molecule has 4 heteroatoms. The van der Waals surface area contributed by atoms with Crippen LogP contribution in [0.25, 0.3) is 0 Å². The Labute approximate surface area is 124 Å². The van der Waals surface area contributed by atoms with E-state index in [1.54, 1.807) is 19.2 Å². The molecule has 0 fully saturated rings. The van der Waals surface area contributed by atoms with Crippen LogP contribution in [0.4, 0.5) is 0 Å². The lowest BCUT2D eigenvalue weighted by molar-refractivity contribution is 0.100. The van der Waals surface area contributed by atoms with Crippen molar-refractivity contribution in [3.63, 3.8) is 0 Å². The smallest absolute Gasteiger partial charge is 0.248 e. The highest BCUT2D eigenvalue weighted by atomic mass is 16.5. The van der Waals surface area contributed by atoms with Gasteiger partial charge in [-0.3, -0.25) is 4.79 Å². The van der Waals surface area contributed by atoms with Gasteiger partial charge in [0.15, 0.2) is 0 Å². The third-order valence-corrected chi connectivity index (χ3v) is 3.47. The van der Waals surface area contributed by atoms with Crippen LogP contribution in [0, 0.1) is 0 Å². The molecule has 0 aliphatic heterocycles. The molecule has 0 radical (unpaired) electrons. The largest absolute Gasteiger partial charge is 0.497 e. The van der Waals surface area contributed by atoms with E-state index in [0.29, 0.717) is 5.56 Å². The summed E-state index contributed by atoms with van der Waals surface area (Å²) in [6.45, 7) is 2.84. The van der Waals surface area contributed by atoms with Crippen molar-refractivity contribution in [1.82, 2.24) is 5.32 Å². The first-order valence-electron chi connectivity index (χ1n) is 6.86. The number of methoxy groups -OCH3 is 1. The molecule has 3 N–H and O–H groups in total. The Morgan fingerprint density at radius 3 is 2.29 bits per heavy atom.